The van der Waals surface area contributed by atoms with Gasteiger partial charge in [0.1, 0.15) is 23.7 Å². The molecule has 3 saturated heterocycles. The second-order valence-corrected chi connectivity index (χ2v) is 10.7. The molecule has 9 heteroatoms. The Balaban J connectivity index is 1.24. The van der Waals surface area contributed by atoms with Crippen LogP contribution in [0.3, 0.4) is 0 Å². The summed E-state index contributed by atoms with van der Waals surface area (Å²) in [7, 11) is -1.15. The lowest BCUT2D eigenvalue weighted by atomic mass is 9.87. The second-order valence-electron chi connectivity index (χ2n) is 9.32. The van der Waals surface area contributed by atoms with Crippen LogP contribution in [0.15, 0.2) is 43.0 Å². The molecule has 6 atom stereocenters. The first kappa shape index (κ1) is 21.6. The normalized spacial score (nSPS) is 34.3. The van der Waals surface area contributed by atoms with Gasteiger partial charge in [-0.15, -0.1) is 0 Å². The Labute approximate surface area is 195 Å². The van der Waals surface area contributed by atoms with Gasteiger partial charge in [-0.3, -0.25) is 4.57 Å². The summed E-state index contributed by atoms with van der Waals surface area (Å²) in [4.78, 5) is 13.2. The summed E-state index contributed by atoms with van der Waals surface area (Å²) in [6, 6.07) is 10.9. The molecule has 3 aliphatic heterocycles. The fraction of sp³-hybridized carbons (Fsp3) is 0.542. The number of aromatic nitrogens is 4. The summed E-state index contributed by atoms with van der Waals surface area (Å²) in [5, 5.41) is 0. The van der Waals surface area contributed by atoms with Gasteiger partial charge in [-0.2, -0.15) is 0 Å². The molecule has 3 aromatic rings. The molecule has 0 spiro atoms. The highest BCUT2D eigenvalue weighted by molar-refractivity contribution is 7.45. The van der Waals surface area contributed by atoms with Crippen LogP contribution in [-0.4, -0.2) is 49.0 Å². The number of fused-ring (bicyclic) bond motifs is 2. The lowest BCUT2D eigenvalue weighted by molar-refractivity contribution is -0.0163. The van der Waals surface area contributed by atoms with Crippen LogP contribution in [0, 0.1) is 6.92 Å². The molecule has 1 unspecified atom stereocenters. The van der Waals surface area contributed by atoms with Gasteiger partial charge in [-0.1, -0.05) is 37.3 Å². The van der Waals surface area contributed by atoms with Crippen molar-refractivity contribution in [1.29, 1.82) is 0 Å². The maximum atomic E-state index is 6.75. The van der Waals surface area contributed by atoms with Crippen molar-refractivity contribution in [2.45, 2.75) is 76.5 Å². The molecule has 0 N–H and O–H groups in total. The molecular formula is C24H30N5O3P. The lowest BCUT2D eigenvalue weighted by Crippen LogP contribution is -2.36. The van der Waals surface area contributed by atoms with E-state index in [1.165, 1.54) is 12.0 Å². The molecule has 0 amide bonds. The maximum Gasteiger partial charge on any atom is 0.260 e. The van der Waals surface area contributed by atoms with Crippen molar-refractivity contribution in [2.24, 2.45) is 0 Å². The van der Waals surface area contributed by atoms with E-state index in [0.717, 1.165) is 42.7 Å². The van der Waals surface area contributed by atoms with Crippen molar-refractivity contribution in [3.63, 3.8) is 0 Å². The summed E-state index contributed by atoms with van der Waals surface area (Å²) in [6.07, 6.45) is 7.15. The molecular weight excluding hydrogens is 437 g/mol. The molecule has 0 aliphatic carbocycles. The number of nitrogens with zero attached hydrogens (tertiary/aromatic N) is 5. The van der Waals surface area contributed by atoms with Crippen LogP contribution in [0.2, 0.25) is 0 Å². The second kappa shape index (κ2) is 8.36. The Kier molecular flexibility index (Phi) is 5.46. The van der Waals surface area contributed by atoms with Crippen molar-refractivity contribution in [3.8, 4) is 0 Å². The van der Waals surface area contributed by atoms with Crippen molar-refractivity contribution in [1.82, 2.24) is 24.2 Å². The predicted molar refractivity (Wildman–Crippen MR) is 125 cm³/mol. The van der Waals surface area contributed by atoms with Gasteiger partial charge in [-0.05, 0) is 38.7 Å². The maximum absolute atomic E-state index is 6.75. The van der Waals surface area contributed by atoms with Gasteiger partial charge in [0.25, 0.3) is 8.53 Å². The van der Waals surface area contributed by atoms with Crippen LogP contribution < -0.4 is 0 Å². The van der Waals surface area contributed by atoms with Crippen molar-refractivity contribution in [3.05, 3.63) is 54.2 Å². The highest BCUT2D eigenvalue weighted by Gasteiger charge is 2.56. The summed E-state index contributed by atoms with van der Waals surface area (Å²) in [5.74, 6) is 0. The van der Waals surface area contributed by atoms with E-state index in [9.17, 15) is 0 Å². The average molecular weight is 468 g/mol. The third kappa shape index (κ3) is 3.51. The summed E-state index contributed by atoms with van der Waals surface area (Å²) < 4.78 is 24.4. The average Bonchev–Trinajstić information content (AvgIpc) is 3.60. The minimum Gasteiger partial charge on any atom is -0.352 e. The number of benzene rings is 1. The van der Waals surface area contributed by atoms with E-state index in [1.54, 1.807) is 6.33 Å². The standard InChI is InChI=1S/C24H30N5O3P/c1-4-18-19(13-21(30-18)28-15-27-22-16(2)25-14-26-23(22)28)31-33-29-12-8-11-20(29)24(3,32-33)17-9-6-5-7-10-17/h5-7,9-10,14-15,18-21H,4,8,11-13H2,1-3H3/t18-,19?,20+,21-,24-,33+/m1/s1. The first-order valence-electron chi connectivity index (χ1n) is 11.9. The van der Waals surface area contributed by atoms with Crippen LogP contribution in [-0.2, 0) is 19.4 Å². The first-order valence-corrected chi connectivity index (χ1v) is 13.0. The monoisotopic (exact) mass is 467 g/mol. The Bertz CT molecular complexity index is 1140. The fourth-order valence-corrected chi connectivity index (χ4v) is 7.66. The summed E-state index contributed by atoms with van der Waals surface area (Å²) in [6.45, 7) is 7.35. The largest absolute Gasteiger partial charge is 0.352 e. The smallest absolute Gasteiger partial charge is 0.260 e. The number of aryl methyl sites for hydroxylation is 1. The van der Waals surface area contributed by atoms with Crippen LogP contribution in [0.5, 0.6) is 0 Å². The van der Waals surface area contributed by atoms with Crippen LogP contribution in [0.4, 0.5) is 0 Å². The van der Waals surface area contributed by atoms with Gasteiger partial charge in [0.2, 0.25) is 0 Å². The van der Waals surface area contributed by atoms with E-state index in [-0.39, 0.29) is 24.0 Å². The Morgan fingerprint density at radius 2 is 2.06 bits per heavy atom. The number of hydrogen-bond acceptors (Lipinski definition) is 7. The minimum absolute atomic E-state index is 0.00567. The predicted octanol–water partition coefficient (Wildman–Crippen LogP) is 4.85. The molecule has 0 saturated carbocycles. The van der Waals surface area contributed by atoms with Gasteiger partial charge in [0.15, 0.2) is 5.65 Å². The first-order chi connectivity index (χ1) is 16.1. The van der Waals surface area contributed by atoms with Gasteiger partial charge in [-0.25, -0.2) is 19.6 Å². The molecule has 3 aliphatic rings. The lowest BCUT2D eigenvalue weighted by Gasteiger charge is -2.29. The molecule has 6 rings (SSSR count). The highest BCUT2D eigenvalue weighted by Crippen LogP contribution is 2.64. The van der Waals surface area contributed by atoms with E-state index >= 15 is 0 Å². The Morgan fingerprint density at radius 3 is 2.88 bits per heavy atom. The van der Waals surface area contributed by atoms with E-state index in [4.69, 9.17) is 13.8 Å². The zero-order valence-electron chi connectivity index (χ0n) is 19.3. The van der Waals surface area contributed by atoms with Crippen molar-refractivity contribution in [2.75, 3.05) is 6.54 Å². The summed E-state index contributed by atoms with van der Waals surface area (Å²) in [5.41, 5.74) is 3.38. The van der Waals surface area contributed by atoms with E-state index in [2.05, 4.69) is 63.8 Å². The number of rotatable bonds is 5. The van der Waals surface area contributed by atoms with Gasteiger partial charge >= 0.3 is 0 Å². The molecule has 0 radical (unpaired) electrons. The molecule has 5 heterocycles. The molecule has 3 fully saturated rings. The Hall–Kier alpha value is -1.96. The third-order valence-electron chi connectivity index (χ3n) is 7.35. The quantitative estimate of drug-likeness (QED) is 0.497. The number of hydrogen-bond donors (Lipinski definition) is 0. The van der Waals surface area contributed by atoms with E-state index in [1.807, 2.05) is 17.8 Å². The van der Waals surface area contributed by atoms with Crippen LogP contribution in [0.25, 0.3) is 11.2 Å². The zero-order chi connectivity index (χ0) is 22.6. The number of ether oxygens (including phenoxy) is 1. The SMILES string of the molecule is CC[C@H]1O[C@@H](n2cnc3c(C)ncnc32)CC1O[P@@]1O[C@](C)(c2ccccc2)[C@@H]2CCCN21. The minimum atomic E-state index is -1.15. The Morgan fingerprint density at radius 1 is 1.21 bits per heavy atom. The van der Waals surface area contributed by atoms with Crippen LogP contribution in [0.1, 0.15) is 57.0 Å². The molecule has 2 aromatic heterocycles. The van der Waals surface area contributed by atoms with E-state index < -0.39 is 8.53 Å². The molecule has 0 bridgehead atoms. The van der Waals surface area contributed by atoms with Crippen LogP contribution >= 0.6 is 8.53 Å². The molecule has 174 valence electrons. The molecule has 8 nitrogen and oxygen atoms in total. The van der Waals surface area contributed by atoms with Crippen molar-refractivity contribution < 1.29 is 13.8 Å². The molecule has 1 aromatic carbocycles. The van der Waals surface area contributed by atoms with Gasteiger partial charge in [0, 0.05) is 13.0 Å². The summed E-state index contributed by atoms with van der Waals surface area (Å²) >= 11 is 0. The topological polar surface area (TPSA) is 74.5 Å². The zero-order valence-corrected chi connectivity index (χ0v) is 20.2. The van der Waals surface area contributed by atoms with Gasteiger partial charge < -0.3 is 13.8 Å². The van der Waals surface area contributed by atoms with Crippen molar-refractivity contribution >= 4 is 19.7 Å². The number of imidazole rings is 1. The van der Waals surface area contributed by atoms with E-state index in [0.29, 0.717) is 6.04 Å². The molecule has 33 heavy (non-hydrogen) atoms. The van der Waals surface area contributed by atoms with Gasteiger partial charge in [0.05, 0.1) is 30.3 Å². The highest BCUT2D eigenvalue weighted by atomic mass is 31.2. The fourth-order valence-electron chi connectivity index (χ4n) is 5.52. The third-order valence-corrected chi connectivity index (χ3v) is 9.23.